The third-order valence-electron chi connectivity index (χ3n) is 3.53. The molecular weight excluding hydrogens is 262 g/mol. The third-order valence-corrected chi connectivity index (χ3v) is 4.97. The Morgan fingerprint density at radius 1 is 1.11 bits per heavy atom. The fraction of sp³-hybridized carbons (Fsp3) is 0.455. The molecule has 2 fully saturated rings. The number of hydrogen-bond donors (Lipinski definition) is 2. The Bertz CT molecular complexity index is 560. The van der Waals surface area contributed by atoms with Gasteiger partial charge in [0.25, 0.3) is 0 Å². The lowest BCUT2D eigenvalue weighted by atomic mass is 10.3. The zero-order valence-electron chi connectivity index (χ0n) is 9.36. The fourth-order valence-electron chi connectivity index (χ4n) is 2.52. The summed E-state index contributed by atoms with van der Waals surface area (Å²) in [7, 11) is -3.84. The molecule has 4 nitrogen and oxygen atoms in total. The van der Waals surface area contributed by atoms with Gasteiger partial charge in [-0.05, 0) is 37.1 Å². The third kappa shape index (κ3) is 2.02. The summed E-state index contributed by atoms with van der Waals surface area (Å²) in [4.78, 5) is -0.363. The molecule has 7 heteroatoms. The van der Waals surface area contributed by atoms with Gasteiger partial charge in [-0.25, -0.2) is 21.9 Å². The maximum atomic E-state index is 13.0. The molecule has 1 aromatic carbocycles. The van der Waals surface area contributed by atoms with E-state index < -0.39 is 21.7 Å². The van der Waals surface area contributed by atoms with Crippen molar-refractivity contribution < 1.29 is 17.2 Å². The molecule has 18 heavy (non-hydrogen) atoms. The summed E-state index contributed by atoms with van der Waals surface area (Å²) in [5.41, 5.74) is 0. The van der Waals surface area contributed by atoms with Crippen molar-refractivity contribution in [2.75, 3.05) is 13.1 Å². The molecule has 2 aliphatic rings. The maximum Gasteiger partial charge on any atom is 0.241 e. The lowest BCUT2D eigenvalue weighted by molar-refractivity contribution is 0.553. The quantitative estimate of drug-likeness (QED) is 0.842. The lowest BCUT2D eigenvalue weighted by Gasteiger charge is -2.09. The van der Waals surface area contributed by atoms with E-state index in [9.17, 15) is 17.2 Å². The number of sulfonamides is 1. The van der Waals surface area contributed by atoms with Gasteiger partial charge in [-0.1, -0.05) is 0 Å². The van der Waals surface area contributed by atoms with E-state index in [-0.39, 0.29) is 10.9 Å². The van der Waals surface area contributed by atoms with Crippen molar-refractivity contribution >= 4 is 10.0 Å². The van der Waals surface area contributed by atoms with Gasteiger partial charge < -0.3 is 5.32 Å². The van der Waals surface area contributed by atoms with E-state index in [1.807, 2.05) is 0 Å². The Balaban J connectivity index is 1.81. The van der Waals surface area contributed by atoms with Crippen molar-refractivity contribution in [3.8, 4) is 0 Å². The molecule has 1 aliphatic carbocycles. The van der Waals surface area contributed by atoms with Gasteiger partial charge in [-0.2, -0.15) is 0 Å². The molecule has 1 aromatic rings. The van der Waals surface area contributed by atoms with Crippen LogP contribution in [0.2, 0.25) is 0 Å². The predicted octanol–water partition coefficient (Wildman–Crippen LogP) is 0.461. The van der Waals surface area contributed by atoms with Crippen molar-refractivity contribution in [2.45, 2.75) is 10.9 Å². The number of fused-ring (bicyclic) bond motifs is 1. The standard InChI is InChI=1S/C11H12F2N2O2S/c12-6-1-7(13)3-8(2-6)18(16,17)15-11-9-4-14-5-10(9)11/h1-3,9-11,14-15H,4-5H2. The molecule has 2 atom stereocenters. The molecule has 2 unspecified atom stereocenters. The van der Waals surface area contributed by atoms with Gasteiger partial charge in [0.15, 0.2) is 0 Å². The summed E-state index contributed by atoms with van der Waals surface area (Å²) < 4.78 is 52.4. The van der Waals surface area contributed by atoms with Gasteiger partial charge >= 0.3 is 0 Å². The highest BCUT2D eigenvalue weighted by atomic mass is 32.2. The van der Waals surface area contributed by atoms with Gasteiger partial charge in [0.2, 0.25) is 10.0 Å². The topological polar surface area (TPSA) is 58.2 Å². The van der Waals surface area contributed by atoms with Crippen LogP contribution in [0.4, 0.5) is 8.78 Å². The molecule has 3 rings (SSSR count). The van der Waals surface area contributed by atoms with Gasteiger partial charge in [-0.15, -0.1) is 0 Å². The van der Waals surface area contributed by atoms with Crippen LogP contribution in [0.5, 0.6) is 0 Å². The van der Waals surface area contributed by atoms with Crippen molar-refractivity contribution in [3.63, 3.8) is 0 Å². The molecule has 1 aliphatic heterocycles. The van der Waals surface area contributed by atoms with Crippen LogP contribution < -0.4 is 10.0 Å². The average molecular weight is 274 g/mol. The Labute approximate surface area is 103 Å². The summed E-state index contributed by atoms with van der Waals surface area (Å²) >= 11 is 0. The molecule has 1 saturated carbocycles. The highest BCUT2D eigenvalue weighted by molar-refractivity contribution is 7.89. The summed E-state index contributed by atoms with van der Waals surface area (Å²) in [6.45, 7) is 1.57. The first-order valence-electron chi connectivity index (χ1n) is 5.66. The van der Waals surface area contributed by atoms with E-state index in [4.69, 9.17) is 0 Å². The Hall–Kier alpha value is -1.05. The van der Waals surface area contributed by atoms with E-state index >= 15 is 0 Å². The van der Waals surface area contributed by atoms with Gasteiger partial charge in [0.05, 0.1) is 4.90 Å². The summed E-state index contributed by atoms with van der Waals surface area (Å²) in [6.07, 6.45) is 0. The largest absolute Gasteiger partial charge is 0.316 e. The average Bonchev–Trinajstić information content (AvgIpc) is 2.73. The van der Waals surface area contributed by atoms with E-state index in [0.717, 1.165) is 25.2 Å². The maximum absolute atomic E-state index is 13.0. The highest BCUT2D eigenvalue weighted by Crippen LogP contribution is 2.42. The van der Waals surface area contributed by atoms with Crippen LogP contribution in [0.3, 0.4) is 0 Å². The minimum atomic E-state index is -3.84. The summed E-state index contributed by atoms with van der Waals surface area (Å²) in [5.74, 6) is -1.18. The molecule has 0 radical (unpaired) electrons. The first kappa shape index (κ1) is 12.0. The van der Waals surface area contributed by atoms with Crippen LogP contribution >= 0.6 is 0 Å². The van der Waals surface area contributed by atoms with Crippen molar-refractivity contribution in [2.24, 2.45) is 11.8 Å². The Morgan fingerprint density at radius 2 is 1.67 bits per heavy atom. The van der Waals surface area contributed by atoms with Crippen LogP contribution in [0, 0.1) is 23.5 Å². The van der Waals surface area contributed by atoms with Crippen LogP contribution in [-0.2, 0) is 10.0 Å². The second kappa shape index (κ2) is 3.97. The van der Waals surface area contributed by atoms with Crippen molar-refractivity contribution in [1.82, 2.24) is 10.0 Å². The molecule has 98 valence electrons. The van der Waals surface area contributed by atoms with Crippen LogP contribution in [0.25, 0.3) is 0 Å². The second-order valence-corrected chi connectivity index (χ2v) is 6.45. The van der Waals surface area contributed by atoms with E-state index in [0.29, 0.717) is 17.9 Å². The minimum absolute atomic E-state index is 0.109. The van der Waals surface area contributed by atoms with Gasteiger partial charge in [-0.3, -0.25) is 0 Å². The predicted molar refractivity (Wildman–Crippen MR) is 60.3 cm³/mol. The highest BCUT2D eigenvalue weighted by Gasteiger charge is 2.54. The SMILES string of the molecule is O=S(=O)(NC1C2CNCC21)c1cc(F)cc(F)c1. The van der Waals surface area contributed by atoms with Crippen LogP contribution in [0.1, 0.15) is 0 Å². The Kier molecular flexibility index (Phi) is 2.65. The number of benzene rings is 1. The molecule has 2 N–H and O–H groups in total. The smallest absolute Gasteiger partial charge is 0.241 e. The molecule has 0 amide bonds. The van der Waals surface area contributed by atoms with Crippen LogP contribution in [0.15, 0.2) is 23.1 Å². The monoisotopic (exact) mass is 274 g/mol. The molecule has 0 aromatic heterocycles. The summed E-state index contributed by atoms with van der Waals surface area (Å²) in [5, 5.41) is 3.14. The number of hydrogen-bond acceptors (Lipinski definition) is 3. The van der Waals surface area contributed by atoms with Crippen molar-refractivity contribution in [1.29, 1.82) is 0 Å². The van der Waals surface area contributed by atoms with Gasteiger partial charge in [0.1, 0.15) is 11.6 Å². The normalized spacial score (nSPS) is 30.2. The first-order valence-corrected chi connectivity index (χ1v) is 7.15. The number of rotatable bonds is 3. The first-order chi connectivity index (χ1) is 8.47. The van der Waals surface area contributed by atoms with Crippen molar-refractivity contribution in [3.05, 3.63) is 29.8 Å². The second-order valence-electron chi connectivity index (χ2n) is 4.74. The Morgan fingerprint density at radius 3 is 2.22 bits per heavy atom. The molecule has 0 spiro atoms. The van der Waals surface area contributed by atoms with E-state index in [1.165, 1.54) is 0 Å². The molecule has 0 bridgehead atoms. The molecule has 1 saturated heterocycles. The van der Waals surface area contributed by atoms with Crippen LogP contribution in [-0.4, -0.2) is 27.5 Å². The number of nitrogens with one attached hydrogen (secondary N) is 2. The van der Waals surface area contributed by atoms with E-state index in [1.54, 1.807) is 0 Å². The minimum Gasteiger partial charge on any atom is -0.316 e. The summed E-state index contributed by atoms with van der Waals surface area (Å²) in [6, 6.07) is 2.18. The fourth-order valence-corrected chi connectivity index (χ4v) is 3.90. The van der Waals surface area contributed by atoms with Gasteiger partial charge in [0, 0.05) is 12.1 Å². The molecular formula is C11H12F2N2O2S. The zero-order chi connectivity index (χ0) is 12.9. The lowest BCUT2D eigenvalue weighted by Crippen LogP contribution is -2.32. The van der Waals surface area contributed by atoms with E-state index in [2.05, 4.69) is 10.0 Å². The zero-order valence-corrected chi connectivity index (χ0v) is 10.2. The number of halogens is 2. The molecule has 1 heterocycles. The number of piperidine rings is 1.